The van der Waals surface area contributed by atoms with Crippen molar-refractivity contribution in [3.8, 4) is 0 Å². The molecule has 1 aliphatic rings. The Bertz CT molecular complexity index is 187. The van der Waals surface area contributed by atoms with Crippen molar-refractivity contribution in [1.82, 2.24) is 0 Å². The molecular weight excluding hydrogens is 124 g/mol. The monoisotopic (exact) mass is 136 g/mol. The van der Waals surface area contributed by atoms with E-state index in [4.69, 9.17) is 0 Å². The predicted molar refractivity (Wildman–Crippen MR) is 41.8 cm³/mol. The number of rotatable bonds is 2. The summed E-state index contributed by atoms with van der Waals surface area (Å²) < 4.78 is 0. The molecule has 0 aliphatic heterocycles. The summed E-state index contributed by atoms with van der Waals surface area (Å²) in [5.74, 6) is 0.194. The Morgan fingerprint density at radius 2 is 2.50 bits per heavy atom. The van der Waals surface area contributed by atoms with E-state index >= 15 is 0 Å². The first-order valence-corrected chi connectivity index (χ1v) is 3.70. The average molecular weight is 136 g/mol. The van der Waals surface area contributed by atoms with Crippen molar-refractivity contribution in [2.24, 2.45) is 0 Å². The molecule has 0 radical (unpaired) electrons. The molecule has 0 fully saturated rings. The highest BCUT2D eigenvalue weighted by molar-refractivity contribution is 6.04. The van der Waals surface area contributed by atoms with Crippen LogP contribution in [0, 0.1) is 0 Å². The Labute approximate surface area is 61.4 Å². The zero-order chi connectivity index (χ0) is 7.40. The zero-order valence-electron chi connectivity index (χ0n) is 6.26. The third-order valence-corrected chi connectivity index (χ3v) is 1.68. The average Bonchev–Trinajstić information content (AvgIpc) is 2.38. The Kier molecular flexibility index (Phi) is 2.43. The molecule has 1 rings (SSSR count). The number of carbonyl (C=O) groups excluding carboxylic acids is 1. The number of ketones is 1. The van der Waals surface area contributed by atoms with Crippen LogP contribution in [0.15, 0.2) is 23.8 Å². The quantitative estimate of drug-likeness (QED) is 0.532. The van der Waals surface area contributed by atoms with E-state index in [0.717, 1.165) is 24.8 Å². The molecular formula is C9H12O. The SMILES string of the molecule is CC=CC(=O)C1=CCCC1. The fourth-order valence-electron chi connectivity index (χ4n) is 1.15. The number of allylic oxidation sites excluding steroid dienone is 4. The van der Waals surface area contributed by atoms with E-state index in [2.05, 4.69) is 0 Å². The summed E-state index contributed by atoms with van der Waals surface area (Å²) in [7, 11) is 0. The van der Waals surface area contributed by atoms with Crippen molar-refractivity contribution in [2.75, 3.05) is 0 Å². The molecule has 0 heterocycles. The van der Waals surface area contributed by atoms with Gasteiger partial charge in [-0.15, -0.1) is 0 Å². The van der Waals surface area contributed by atoms with Gasteiger partial charge in [-0.05, 0) is 37.8 Å². The topological polar surface area (TPSA) is 17.1 Å². The van der Waals surface area contributed by atoms with Gasteiger partial charge in [-0.3, -0.25) is 4.79 Å². The van der Waals surface area contributed by atoms with Gasteiger partial charge in [0.15, 0.2) is 5.78 Å². The van der Waals surface area contributed by atoms with E-state index in [1.165, 1.54) is 0 Å². The minimum Gasteiger partial charge on any atom is -0.290 e. The van der Waals surface area contributed by atoms with Crippen LogP contribution in [0.1, 0.15) is 26.2 Å². The van der Waals surface area contributed by atoms with E-state index in [1.807, 2.05) is 13.0 Å². The third kappa shape index (κ3) is 1.56. The zero-order valence-corrected chi connectivity index (χ0v) is 6.26. The molecule has 1 aliphatic carbocycles. The van der Waals surface area contributed by atoms with Crippen LogP contribution in [-0.4, -0.2) is 5.78 Å². The van der Waals surface area contributed by atoms with Crippen molar-refractivity contribution < 1.29 is 4.79 Å². The van der Waals surface area contributed by atoms with Crippen LogP contribution >= 0.6 is 0 Å². The van der Waals surface area contributed by atoms with Crippen LogP contribution in [0.4, 0.5) is 0 Å². The lowest BCUT2D eigenvalue weighted by atomic mass is 10.1. The van der Waals surface area contributed by atoms with Crippen molar-refractivity contribution >= 4 is 5.78 Å². The molecule has 0 unspecified atom stereocenters. The second-order valence-corrected chi connectivity index (χ2v) is 2.49. The molecule has 0 amide bonds. The van der Waals surface area contributed by atoms with Gasteiger partial charge in [0, 0.05) is 0 Å². The maximum absolute atomic E-state index is 11.1. The maximum Gasteiger partial charge on any atom is 0.181 e. The van der Waals surface area contributed by atoms with Gasteiger partial charge in [0.05, 0.1) is 0 Å². The van der Waals surface area contributed by atoms with Crippen LogP contribution in [0.3, 0.4) is 0 Å². The molecule has 0 spiro atoms. The summed E-state index contributed by atoms with van der Waals surface area (Å²) in [4.78, 5) is 11.1. The lowest BCUT2D eigenvalue weighted by molar-refractivity contribution is -0.111. The molecule has 0 aromatic rings. The third-order valence-electron chi connectivity index (χ3n) is 1.68. The van der Waals surface area contributed by atoms with Gasteiger partial charge in [0.2, 0.25) is 0 Å². The molecule has 0 saturated heterocycles. The van der Waals surface area contributed by atoms with Gasteiger partial charge in [-0.1, -0.05) is 12.2 Å². The number of hydrogen-bond acceptors (Lipinski definition) is 1. The summed E-state index contributed by atoms with van der Waals surface area (Å²) in [6.07, 6.45) is 8.68. The minimum atomic E-state index is 0.194. The Morgan fingerprint density at radius 1 is 1.70 bits per heavy atom. The van der Waals surface area contributed by atoms with Gasteiger partial charge in [0.1, 0.15) is 0 Å². The Balaban J connectivity index is 2.56. The lowest BCUT2D eigenvalue weighted by Crippen LogP contribution is -1.94. The van der Waals surface area contributed by atoms with Gasteiger partial charge in [0.25, 0.3) is 0 Å². The van der Waals surface area contributed by atoms with Crippen molar-refractivity contribution in [2.45, 2.75) is 26.2 Å². The second kappa shape index (κ2) is 3.35. The van der Waals surface area contributed by atoms with Gasteiger partial charge in [-0.2, -0.15) is 0 Å². The molecule has 1 heteroatoms. The van der Waals surface area contributed by atoms with Crippen molar-refractivity contribution in [1.29, 1.82) is 0 Å². The summed E-state index contributed by atoms with van der Waals surface area (Å²) in [5.41, 5.74) is 0.998. The second-order valence-electron chi connectivity index (χ2n) is 2.49. The summed E-state index contributed by atoms with van der Waals surface area (Å²) in [5, 5.41) is 0. The van der Waals surface area contributed by atoms with E-state index in [-0.39, 0.29) is 5.78 Å². The standard InChI is InChI=1S/C9H12O/c1-2-5-9(10)8-6-3-4-7-8/h2,5-6H,3-4,7H2,1H3. The van der Waals surface area contributed by atoms with Crippen molar-refractivity contribution in [3.05, 3.63) is 23.8 Å². The Hall–Kier alpha value is -0.850. The minimum absolute atomic E-state index is 0.194. The van der Waals surface area contributed by atoms with Crippen LogP contribution in [-0.2, 0) is 4.79 Å². The predicted octanol–water partition coefficient (Wildman–Crippen LogP) is 2.24. The summed E-state index contributed by atoms with van der Waals surface area (Å²) in [6.45, 7) is 1.87. The lowest BCUT2D eigenvalue weighted by Gasteiger charge is -1.91. The first kappa shape index (κ1) is 7.26. The number of carbonyl (C=O) groups is 1. The van der Waals surface area contributed by atoms with E-state index < -0.39 is 0 Å². The molecule has 54 valence electrons. The number of hydrogen-bond donors (Lipinski definition) is 0. The van der Waals surface area contributed by atoms with Gasteiger partial charge >= 0.3 is 0 Å². The normalized spacial score (nSPS) is 17.9. The fourth-order valence-corrected chi connectivity index (χ4v) is 1.15. The molecule has 0 saturated carbocycles. The summed E-state index contributed by atoms with van der Waals surface area (Å²) in [6, 6.07) is 0. The van der Waals surface area contributed by atoms with E-state index in [0.29, 0.717) is 0 Å². The van der Waals surface area contributed by atoms with Gasteiger partial charge in [-0.25, -0.2) is 0 Å². The fraction of sp³-hybridized carbons (Fsp3) is 0.444. The largest absolute Gasteiger partial charge is 0.290 e. The van der Waals surface area contributed by atoms with Crippen LogP contribution in [0.2, 0.25) is 0 Å². The van der Waals surface area contributed by atoms with E-state index in [1.54, 1.807) is 12.2 Å². The van der Waals surface area contributed by atoms with E-state index in [9.17, 15) is 4.79 Å². The molecule has 0 aromatic heterocycles. The maximum atomic E-state index is 11.1. The first-order chi connectivity index (χ1) is 4.84. The van der Waals surface area contributed by atoms with Crippen LogP contribution < -0.4 is 0 Å². The Morgan fingerprint density at radius 3 is 3.00 bits per heavy atom. The molecule has 0 N–H and O–H groups in total. The molecule has 10 heavy (non-hydrogen) atoms. The molecule has 0 bridgehead atoms. The van der Waals surface area contributed by atoms with Crippen LogP contribution in [0.25, 0.3) is 0 Å². The highest BCUT2D eigenvalue weighted by Crippen LogP contribution is 2.18. The smallest absolute Gasteiger partial charge is 0.181 e. The highest BCUT2D eigenvalue weighted by atomic mass is 16.1. The first-order valence-electron chi connectivity index (χ1n) is 3.70. The highest BCUT2D eigenvalue weighted by Gasteiger charge is 2.09. The molecule has 0 aromatic carbocycles. The van der Waals surface area contributed by atoms with Crippen molar-refractivity contribution in [3.63, 3.8) is 0 Å². The molecule has 0 atom stereocenters. The molecule has 1 nitrogen and oxygen atoms in total. The van der Waals surface area contributed by atoms with Gasteiger partial charge < -0.3 is 0 Å². The summed E-state index contributed by atoms with van der Waals surface area (Å²) >= 11 is 0. The van der Waals surface area contributed by atoms with Crippen LogP contribution in [0.5, 0.6) is 0 Å².